The standard InChI is InChI=1S/C12H12ClNO6/c1-6(10(16)14-12(18)19-2)20-11(17)8-4-3-7(13)5-9(8)15/h3-6,15H,1-2H3,(H,14,16,18)/t6-/m0/s1. The van der Waals surface area contributed by atoms with E-state index < -0.39 is 24.1 Å². The van der Waals surface area contributed by atoms with E-state index in [4.69, 9.17) is 16.3 Å². The van der Waals surface area contributed by atoms with Crippen LogP contribution in [-0.2, 0) is 14.3 Å². The summed E-state index contributed by atoms with van der Waals surface area (Å²) in [4.78, 5) is 34.0. The highest BCUT2D eigenvalue weighted by molar-refractivity contribution is 6.30. The number of rotatable bonds is 3. The number of hydrogen-bond acceptors (Lipinski definition) is 6. The lowest BCUT2D eigenvalue weighted by atomic mass is 10.2. The molecule has 0 saturated heterocycles. The molecule has 0 fully saturated rings. The van der Waals surface area contributed by atoms with E-state index in [1.54, 1.807) is 0 Å². The Morgan fingerprint density at radius 2 is 2.00 bits per heavy atom. The lowest BCUT2D eigenvalue weighted by Gasteiger charge is -2.12. The van der Waals surface area contributed by atoms with Crippen LogP contribution < -0.4 is 5.32 Å². The van der Waals surface area contributed by atoms with Crippen LogP contribution in [0.3, 0.4) is 0 Å². The summed E-state index contributed by atoms with van der Waals surface area (Å²) in [6.07, 6.45) is -2.20. The second-order valence-corrected chi connectivity index (χ2v) is 4.13. The van der Waals surface area contributed by atoms with Gasteiger partial charge in [0, 0.05) is 5.02 Å². The van der Waals surface area contributed by atoms with Crippen molar-refractivity contribution in [2.75, 3.05) is 7.11 Å². The average molecular weight is 302 g/mol. The second kappa shape index (κ2) is 6.76. The van der Waals surface area contributed by atoms with Gasteiger partial charge >= 0.3 is 12.1 Å². The van der Waals surface area contributed by atoms with Gasteiger partial charge < -0.3 is 14.6 Å². The third-order valence-corrected chi connectivity index (χ3v) is 2.48. The normalized spacial score (nSPS) is 11.3. The van der Waals surface area contributed by atoms with Gasteiger partial charge in [0.2, 0.25) is 0 Å². The summed E-state index contributed by atoms with van der Waals surface area (Å²) in [6.45, 7) is 1.27. The Morgan fingerprint density at radius 3 is 2.55 bits per heavy atom. The highest BCUT2D eigenvalue weighted by Crippen LogP contribution is 2.22. The Hall–Kier alpha value is -2.28. The molecular formula is C12H12ClNO6. The number of carbonyl (C=O) groups is 3. The van der Waals surface area contributed by atoms with Crippen molar-refractivity contribution >= 4 is 29.6 Å². The molecule has 1 aromatic rings. The van der Waals surface area contributed by atoms with E-state index in [0.717, 1.165) is 13.2 Å². The van der Waals surface area contributed by atoms with Gasteiger partial charge in [-0.15, -0.1) is 0 Å². The highest BCUT2D eigenvalue weighted by Gasteiger charge is 2.22. The first kappa shape index (κ1) is 15.8. The minimum absolute atomic E-state index is 0.146. The zero-order valence-corrected chi connectivity index (χ0v) is 11.4. The number of hydrogen-bond donors (Lipinski definition) is 2. The topological polar surface area (TPSA) is 102 Å². The maximum Gasteiger partial charge on any atom is 0.413 e. The van der Waals surface area contributed by atoms with Crippen molar-refractivity contribution in [3.8, 4) is 5.75 Å². The van der Waals surface area contributed by atoms with Crippen molar-refractivity contribution in [3.05, 3.63) is 28.8 Å². The molecule has 7 nitrogen and oxygen atoms in total. The zero-order valence-electron chi connectivity index (χ0n) is 10.7. The van der Waals surface area contributed by atoms with Gasteiger partial charge in [0.25, 0.3) is 5.91 Å². The monoisotopic (exact) mass is 301 g/mol. The molecule has 0 aliphatic heterocycles. The molecule has 0 bridgehead atoms. The number of nitrogens with one attached hydrogen (secondary N) is 1. The minimum atomic E-state index is -1.24. The molecule has 1 aromatic carbocycles. The summed E-state index contributed by atoms with van der Waals surface area (Å²) in [6, 6.07) is 3.80. The molecule has 0 aliphatic rings. The fraction of sp³-hybridized carbons (Fsp3) is 0.250. The first-order chi connectivity index (χ1) is 9.35. The molecule has 0 radical (unpaired) electrons. The van der Waals surface area contributed by atoms with Gasteiger partial charge in [-0.05, 0) is 25.1 Å². The van der Waals surface area contributed by atoms with Crippen molar-refractivity contribution in [1.82, 2.24) is 5.32 Å². The van der Waals surface area contributed by atoms with E-state index in [0.29, 0.717) is 0 Å². The number of alkyl carbamates (subject to hydrolysis) is 1. The zero-order chi connectivity index (χ0) is 15.3. The summed E-state index contributed by atoms with van der Waals surface area (Å²) in [5, 5.41) is 11.6. The van der Waals surface area contributed by atoms with Crippen molar-refractivity contribution < 1.29 is 29.0 Å². The van der Waals surface area contributed by atoms with E-state index in [1.807, 2.05) is 5.32 Å². The van der Waals surface area contributed by atoms with Crippen LogP contribution in [0, 0.1) is 0 Å². The average Bonchev–Trinajstić information content (AvgIpc) is 2.37. The summed E-state index contributed by atoms with van der Waals surface area (Å²) in [7, 11) is 1.09. The summed E-state index contributed by atoms with van der Waals surface area (Å²) in [5.41, 5.74) is -0.146. The third kappa shape index (κ3) is 4.13. The molecule has 0 heterocycles. The minimum Gasteiger partial charge on any atom is -0.507 e. The van der Waals surface area contributed by atoms with Crippen LogP contribution in [0.25, 0.3) is 0 Å². The van der Waals surface area contributed by atoms with Crippen LogP contribution >= 0.6 is 11.6 Å². The predicted molar refractivity (Wildman–Crippen MR) is 68.5 cm³/mol. The van der Waals surface area contributed by atoms with E-state index in [9.17, 15) is 19.5 Å². The number of benzene rings is 1. The molecule has 0 spiro atoms. The number of halogens is 1. The summed E-state index contributed by atoms with van der Waals surface area (Å²) in [5.74, 6) is -2.14. The number of aromatic hydroxyl groups is 1. The molecule has 8 heteroatoms. The molecular weight excluding hydrogens is 290 g/mol. The number of phenolic OH excluding ortho intramolecular Hbond substituents is 1. The molecule has 0 aliphatic carbocycles. The van der Waals surface area contributed by atoms with Crippen LogP contribution in [0.15, 0.2) is 18.2 Å². The number of ether oxygens (including phenoxy) is 2. The molecule has 108 valence electrons. The smallest absolute Gasteiger partial charge is 0.413 e. The first-order valence-electron chi connectivity index (χ1n) is 5.43. The molecule has 2 N–H and O–H groups in total. The fourth-order valence-electron chi connectivity index (χ4n) is 1.21. The van der Waals surface area contributed by atoms with Crippen LogP contribution in [0.1, 0.15) is 17.3 Å². The molecule has 1 atom stereocenters. The third-order valence-electron chi connectivity index (χ3n) is 2.24. The number of amides is 2. The van der Waals surface area contributed by atoms with Gasteiger partial charge in [-0.3, -0.25) is 10.1 Å². The Balaban J connectivity index is 2.70. The van der Waals surface area contributed by atoms with Gasteiger partial charge in [0.05, 0.1) is 7.11 Å². The number of methoxy groups -OCH3 is 1. The van der Waals surface area contributed by atoms with Crippen LogP contribution in [0.2, 0.25) is 5.02 Å². The van der Waals surface area contributed by atoms with Crippen LogP contribution in [0.4, 0.5) is 4.79 Å². The predicted octanol–water partition coefficient (Wildman–Crippen LogP) is 1.47. The van der Waals surface area contributed by atoms with E-state index in [-0.39, 0.29) is 16.3 Å². The molecule has 0 saturated carbocycles. The lowest BCUT2D eigenvalue weighted by Crippen LogP contribution is -2.39. The summed E-state index contributed by atoms with van der Waals surface area (Å²) >= 11 is 5.62. The number of carbonyl (C=O) groups excluding carboxylic acids is 3. The van der Waals surface area contributed by atoms with Gasteiger partial charge in [-0.25, -0.2) is 9.59 Å². The van der Waals surface area contributed by atoms with Crippen LogP contribution in [0.5, 0.6) is 5.75 Å². The van der Waals surface area contributed by atoms with Gasteiger partial charge in [0.15, 0.2) is 6.10 Å². The van der Waals surface area contributed by atoms with E-state index >= 15 is 0 Å². The molecule has 2 amide bonds. The van der Waals surface area contributed by atoms with Gasteiger partial charge in [-0.2, -0.15) is 0 Å². The number of imide groups is 1. The van der Waals surface area contributed by atoms with Gasteiger partial charge in [0.1, 0.15) is 11.3 Å². The number of esters is 1. The van der Waals surface area contributed by atoms with Crippen molar-refractivity contribution in [1.29, 1.82) is 0 Å². The van der Waals surface area contributed by atoms with Crippen molar-refractivity contribution in [3.63, 3.8) is 0 Å². The fourth-order valence-corrected chi connectivity index (χ4v) is 1.37. The van der Waals surface area contributed by atoms with Crippen molar-refractivity contribution in [2.45, 2.75) is 13.0 Å². The second-order valence-electron chi connectivity index (χ2n) is 3.69. The Labute approximate surface area is 119 Å². The van der Waals surface area contributed by atoms with Crippen molar-refractivity contribution in [2.24, 2.45) is 0 Å². The first-order valence-corrected chi connectivity index (χ1v) is 5.81. The molecule has 0 aromatic heterocycles. The Morgan fingerprint density at radius 1 is 1.35 bits per heavy atom. The lowest BCUT2D eigenvalue weighted by molar-refractivity contribution is -0.128. The highest BCUT2D eigenvalue weighted by atomic mass is 35.5. The van der Waals surface area contributed by atoms with Crippen LogP contribution in [-0.4, -0.2) is 36.3 Å². The summed E-state index contributed by atoms with van der Waals surface area (Å²) < 4.78 is 9.03. The molecule has 20 heavy (non-hydrogen) atoms. The van der Waals surface area contributed by atoms with Gasteiger partial charge in [-0.1, -0.05) is 11.6 Å². The maximum atomic E-state index is 11.7. The molecule has 0 unspecified atom stereocenters. The quantitative estimate of drug-likeness (QED) is 0.820. The molecule has 1 rings (SSSR count). The van der Waals surface area contributed by atoms with E-state index in [2.05, 4.69) is 4.74 Å². The number of phenols is 1. The van der Waals surface area contributed by atoms with E-state index in [1.165, 1.54) is 19.1 Å². The Bertz CT molecular complexity index is 545. The largest absolute Gasteiger partial charge is 0.507 e. The SMILES string of the molecule is COC(=O)NC(=O)[C@H](C)OC(=O)c1ccc(Cl)cc1O. The maximum absolute atomic E-state index is 11.7. The Kier molecular flexibility index (Phi) is 5.33.